The van der Waals surface area contributed by atoms with E-state index in [9.17, 15) is 4.39 Å². The summed E-state index contributed by atoms with van der Waals surface area (Å²) < 4.78 is 25.3. The van der Waals surface area contributed by atoms with Gasteiger partial charge in [0.05, 0.1) is 19.3 Å². The molecule has 2 atom stereocenters. The molecule has 0 bridgehead atoms. The van der Waals surface area contributed by atoms with E-state index in [2.05, 4.69) is 5.32 Å². The van der Waals surface area contributed by atoms with E-state index in [1.807, 2.05) is 12.1 Å². The molecule has 0 aromatic heterocycles. The Kier molecular flexibility index (Phi) is 4.65. The zero-order chi connectivity index (χ0) is 13.8. The minimum Gasteiger partial charge on any atom is -0.381 e. The van der Waals surface area contributed by atoms with Gasteiger partial charge in [0.25, 0.3) is 0 Å². The van der Waals surface area contributed by atoms with Gasteiger partial charge in [-0.05, 0) is 25.3 Å². The first-order valence-corrected chi connectivity index (χ1v) is 7.50. The lowest BCUT2D eigenvalue weighted by Gasteiger charge is -2.21. The third-order valence-electron chi connectivity index (χ3n) is 3.98. The molecule has 20 heavy (non-hydrogen) atoms. The van der Waals surface area contributed by atoms with Crippen molar-refractivity contribution in [2.75, 3.05) is 26.4 Å². The third kappa shape index (κ3) is 3.78. The van der Waals surface area contributed by atoms with E-state index in [1.165, 1.54) is 18.9 Å². The summed E-state index contributed by atoms with van der Waals surface area (Å²) in [5.74, 6) is 0.267. The maximum Gasteiger partial charge on any atom is 0.129 e. The number of nitrogens with one attached hydrogen (secondary N) is 1. The first kappa shape index (κ1) is 14.0. The van der Waals surface area contributed by atoms with Crippen molar-refractivity contribution in [1.29, 1.82) is 0 Å². The van der Waals surface area contributed by atoms with Gasteiger partial charge in [-0.15, -0.1) is 0 Å². The van der Waals surface area contributed by atoms with Crippen molar-refractivity contribution >= 4 is 0 Å². The van der Waals surface area contributed by atoms with Crippen LogP contribution in [0, 0.1) is 11.7 Å². The molecule has 1 heterocycles. The van der Waals surface area contributed by atoms with Crippen LogP contribution in [0.15, 0.2) is 24.3 Å². The number of rotatable bonds is 7. The topological polar surface area (TPSA) is 30.5 Å². The summed E-state index contributed by atoms with van der Waals surface area (Å²) in [7, 11) is 0. The van der Waals surface area contributed by atoms with Crippen molar-refractivity contribution in [3.8, 4) is 0 Å². The fraction of sp³-hybridized carbons (Fsp3) is 0.625. The molecule has 1 aromatic rings. The van der Waals surface area contributed by atoms with E-state index >= 15 is 0 Å². The van der Waals surface area contributed by atoms with Gasteiger partial charge < -0.3 is 14.8 Å². The zero-order valence-corrected chi connectivity index (χ0v) is 11.7. The quantitative estimate of drug-likeness (QED) is 0.832. The molecule has 1 aliphatic carbocycles. The molecule has 1 aliphatic heterocycles. The monoisotopic (exact) mass is 279 g/mol. The Balaban J connectivity index is 1.60. The summed E-state index contributed by atoms with van der Waals surface area (Å²) in [5, 5.41) is 3.43. The number of hydrogen-bond acceptors (Lipinski definition) is 3. The molecule has 0 spiro atoms. The van der Waals surface area contributed by atoms with E-state index in [-0.39, 0.29) is 11.9 Å². The van der Waals surface area contributed by atoms with E-state index < -0.39 is 0 Å². The van der Waals surface area contributed by atoms with Crippen LogP contribution in [0.1, 0.15) is 30.9 Å². The minimum absolute atomic E-state index is 0.183. The van der Waals surface area contributed by atoms with Gasteiger partial charge >= 0.3 is 0 Å². The smallest absolute Gasteiger partial charge is 0.129 e. The lowest BCUT2D eigenvalue weighted by atomic mass is 10.1. The Hall–Kier alpha value is -0.970. The fourth-order valence-electron chi connectivity index (χ4n) is 2.52. The Morgan fingerprint density at radius 1 is 1.30 bits per heavy atom. The maximum atomic E-state index is 13.9. The molecule has 1 N–H and O–H groups in total. The molecule has 1 saturated carbocycles. The standard InChI is InChI=1S/C16H22FNO2/c17-15-4-2-1-3-14(15)16(9-18-13-5-6-13)20-11-12-7-8-19-10-12/h1-4,12-13,16,18H,5-11H2. The molecule has 3 rings (SSSR count). The molecule has 2 aliphatic rings. The van der Waals surface area contributed by atoms with Crippen LogP contribution < -0.4 is 5.32 Å². The highest BCUT2D eigenvalue weighted by Gasteiger charge is 2.25. The molecule has 0 amide bonds. The lowest BCUT2D eigenvalue weighted by molar-refractivity contribution is 0.0233. The molecule has 0 radical (unpaired) electrons. The van der Waals surface area contributed by atoms with Crippen molar-refractivity contribution in [3.63, 3.8) is 0 Å². The number of hydrogen-bond donors (Lipinski definition) is 1. The van der Waals surface area contributed by atoms with E-state index in [0.717, 1.165) is 19.6 Å². The van der Waals surface area contributed by atoms with Crippen molar-refractivity contribution in [3.05, 3.63) is 35.6 Å². The Bertz CT molecular complexity index is 430. The molecular formula is C16H22FNO2. The van der Waals surface area contributed by atoms with Gasteiger partial charge in [-0.1, -0.05) is 18.2 Å². The summed E-state index contributed by atoms with van der Waals surface area (Å²) in [5.41, 5.74) is 0.652. The Morgan fingerprint density at radius 3 is 2.85 bits per heavy atom. The second kappa shape index (κ2) is 6.66. The average molecular weight is 279 g/mol. The first-order chi connectivity index (χ1) is 9.83. The van der Waals surface area contributed by atoms with E-state index in [1.54, 1.807) is 6.07 Å². The van der Waals surface area contributed by atoms with Gasteiger partial charge in [0.1, 0.15) is 5.82 Å². The molecular weight excluding hydrogens is 257 g/mol. The SMILES string of the molecule is Fc1ccccc1C(CNC1CC1)OCC1CCOC1. The molecule has 3 nitrogen and oxygen atoms in total. The van der Waals surface area contributed by atoms with Gasteiger partial charge in [0.15, 0.2) is 0 Å². The minimum atomic E-state index is -0.211. The average Bonchev–Trinajstić information content (AvgIpc) is 3.14. The van der Waals surface area contributed by atoms with Gasteiger partial charge in [-0.3, -0.25) is 0 Å². The molecule has 1 saturated heterocycles. The highest BCUT2D eigenvalue weighted by atomic mass is 19.1. The maximum absolute atomic E-state index is 13.9. The highest BCUT2D eigenvalue weighted by molar-refractivity contribution is 5.20. The lowest BCUT2D eigenvalue weighted by Crippen LogP contribution is -2.27. The summed E-state index contributed by atoms with van der Waals surface area (Å²) >= 11 is 0. The van der Waals surface area contributed by atoms with Gasteiger partial charge in [-0.25, -0.2) is 4.39 Å². The highest BCUT2D eigenvalue weighted by Crippen LogP contribution is 2.25. The summed E-state index contributed by atoms with van der Waals surface area (Å²) in [6.07, 6.45) is 3.28. The van der Waals surface area contributed by atoms with Crippen molar-refractivity contribution < 1.29 is 13.9 Å². The van der Waals surface area contributed by atoms with Gasteiger partial charge in [-0.2, -0.15) is 0 Å². The van der Waals surface area contributed by atoms with Crippen LogP contribution in [0.2, 0.25) is 0 Å². The van der Waals surface area contributed by atoms with Crippen LogP contribution in [0.5, 0.6) is 0 Å². The fourth-order valence-corrected chi connectivity index (χ4v) is 2.52. The predicted molar refractivity (Wildman–Crippen MR) is 75.0 cm³/mol. The van der Waals surface area contributed by atoms with Crippen LogP contribution in [-0.2, 0) is 9.47 Å². The van der Waals surface area contributed by atoms with Crippen LogP contribution in [0.4, 0.5) is 4.39 Å². The van der Waals surface area contributed by atoms with Crippen molar-refractivity contribution in [2.45, 2.75) is 31.4 Å². The predicted octanol–water partition coefficient (Wildman–Crippen LogP) is 2.67. The van der Waals surface area contributed by atoms with Crippen LogP contribution in [0.3, 0.4) is 0 Å². The van der Waals surface area contributed by atoms with Crippen LogP contribution >= 0.6 is 0 Å². The van der Waals surface area contributed by atoms with Gasteiger partial charge in [0.2, 0.25) is 0 Å². The van der Waals surface area contributed by atoms with Crippen LogP contribution in [0.25, 0.3) is 0 Å². The largest absolute Gasteiger partial charge is 0.381 e. The molecule has 4 heteroatoms. The first-order valence-electron chi connectivity index (χ1n) is 7.50. The molecule has 1 aromatic carbocycles. The number of halogens is 1. The van der Waals surface area contributed by atoms with Crippen molar-refractivity contribution in [1.82, 2.24) is 5.32 Å². The second-order valence-corrected chi connectivity index (χ2v) is 5.76. The van der Waals surface area contributed by atoms with Gasteiger partial charge in [0, 0.05) is 30.7 Å². The third-order valence-corrected chi connectivity index (χ3v) is 3.98. The van der Waals surface area contributed by atoms with Crippen LogP contribution in [-0.4, -0.2) is 32.4 Å². The number of benzene rings is 1. The van der Waals surface area contributed by atoms with E-state index in [0.29, 0.717) is 30.7 Å². The number of ether oxygens (including phenoxy) is 2. The summed E-state index contributed by atoms with van der Waals surface area (Å²) in [6.45, 7) is 2.91. The molecule has 110 valence electrons. The zero-order valence-electron chi connectivity index (χ0n) is 11.7. The van der Waals surface area contributed by atoms with E-state index in [4.69, 9.17) is 9.47 Å². The normalized spacial score (nSPS) is 23.9. The Labute approximate surface area is 119 Å². The second-order valence-electron chi connectivity index (χ2n) is 5.76. The molecule has 2 fully saturated rings. The summed E-state index contributed by atoms with van der Waals surface area (Å²) in [6, 6.07) is 7.50. The van der Waals surface area contributed by atoms with Crippen molar-refractivity contribution in [2.24, 2.45) is 5.92 Å². The Morgan fingerprint density at radius 2 is 2.15 bits per heavy atom. The molecule has 2 unspecified atom stereocenters. The summed E-state index contributed by atoms with van der Waals surface area (Å²) in [4.78, 5) is 0.